The molecule has 2 fully saturated rings. The fraction of sp³-hybridized carbons (Fsp3) is 0.562. The number of thiophene rings is 2. The number of nitrogens with one attached hydrogen (secondary N) is 1. The molecule has 2 aliphatic rings. The Balaban J connectivity index is 1.57. The number of piperidine rings is 1. The van der Waals surface area contributed by atoms with E-state index in [0.29, 0.717) is 18.1 Å². The average Bonchev–Trinajstić information content (AvgIpc) is 3.14. The Kier molecular flexibility index (Phi) is 3.52. The van der Waals surface area contributed by atoms with Gasteiger partial charge in [-0.15, -0.1) is 22.7 Å². The Morgan fingerprint density at radius 2 is 2.10 bits per heavy atom. The third kappa shape index (κ3) is 2.41. The van der Waals surface area contributed by atoms with Crippen molar-refractivity contribution in [2.24, 2.45) is 0 Å². The number of carbonyl (C=O) groups excluding carboxylic acids is 1. The van der Waals surface area contributed by atoms with Crippen LogP contribution in [0.4, 0.5) is 0 Å². The van der Waals surface area contributed by atoms with Gasteiger partial charge in [0.1, 0.15) is 0 Å². The molecule has 112 valence electrons. The van der Waals surface area contributed by atoms with Gasteiger partial charge < -0.3 is 10.2 Å². The van der Waals surface area contributed by atoms with Gasteiger partial charge in [-0.3, -0.25) is 4.79 Å². The van der Waals surface area contributed by atoms with E-state index < -0.39 is 0 Å². The molecule has 0 aliphatic carbocycles. The summed E-state index contributed by atoms with van der Waals surface area (Å²) in [4.78, 5) is 15.9. The summed E-state index contributed by atoms with van der Waals surface area (Å²) >= 11 is 3.36. The highest BCUT2D eigenvalue weighted by molar-refractivity contribution is 7.27. The molecule has 4 rings (SSSR count). The maximum atomic E-state index is 12.9. The molecule has 2 bridgehead atoms. The molecule has 0 radical (unpaired) electrons. The average molecular weight is 320 g/mol. The third-order valence-electron chi connectivity index (χ3n) is 4.84. The van der Waals surface area contributed by atoms with Gasteiger partial charge in [0.2, 0.25) is 0 Å². The molecule has 0 aromatic carbocycles. The zero-order chi connectivity index (χ0) is 14.4. The molecule has 1 amide bonds. The molecule has 2 aromatic heterocycles. The van der Waals surface area contributed by atoms with Crippen LogP contribution in [0.5, 0.6) is 0 Å². The lowest BCUT2D eigenvalue weighted by Crippen LogP contribution is -2.50. The smallest absolute Gasteiger partial charge is 0.264 e. The normalized spacial score (nSPS) is 28.1. The van der Waals surface area contributed by atoms with E-state index in [2.05, 4.69) is 34.7 Å². The van der Waals surface area contributed by atoms with Gasteiger partial charge in [0.05, 0.1) is 4.88 Å². The minimum Gasteiger partial charge on any atom is -0.335 e. The Morgan fingerprint density at radius 1 is 1.33 bits per heavy atom. The highest BCUT2D eigenvalue weighted by Gasteiger charge is 2.37. The molecule has 1 N–H and O–H groups in total. The molecule has 2 aromatic rings. The summed E-state index contributed by atoms with van der Waals surface area (Å²) in [6, 6.07) is 5.86. The molecule has 0 spiro atoms. The van der Waals surface area contributed by atoms with E-state index in [4.69, 9.17) is 0 Å². The van der Waals surface area contributed by atoms with Crippen LogP contribution in [0, 0.1) is 0 Å². The van der Waals surface area contributed by atoms with Gasteiger partial charge in [0.15, 0.2) is 0 Å². The van der Waals surface area contributed by atoms with E-state index in [1.54, 1.807) is 22.7 Å². The van der Waals surface area contributed by atoms with Crippen LogP contribution in [-0.2, 0) is 0 Å². The summed E-state index contributed by atoms with van der Waals surface area (Å²) < 4.78 is 2.48. The quantitative estimate of drug-likeness (QED) is 0.935. The van der Waals surface area contributed by atoms with Crippen molar-refractivity contribution in [3.63, 3.8) is 0 Å². The highest BCUT2D eigenvalue weighted by Crippen LogP contribution is 2.33. The van der Waals surface area contributed by atoms with E-state index in [0.717, 1.165) is 24.3 Å². The van der Waals surface area contributed by atoms with Gasteiger partial charge in [-0.25, -0.2) is 0 Å². The van der Waals surface area contributed by atoms with Crippen LogP contribution in [0.2, 0.25) is 0 Å². The van der Waals surface area contributed by atoms with Crippen LogP contribution >= 0.6 is 22.7 Å². The summed E-state index contributed by atoms with van der Waals surface area (Å²) in [6.45, 7) is 2.92. The lowest BCUT2D eigenvalue weighted by Gasteiger charge is -2.37. The first-order valence-electron chi connectivity index (χ1n) is 7.78. The van der Waals surface area contributed by atoms with Crippen LogP contribution in [0.15, 0.2) is 17.5 Å². The molecule has 2 unspecified atom stereocenters. The van der Waals surface area contributed by atoms with Gasteiger partial charge in [0.25, 0.3) is 5.91 Å². The van der Waals surface area contributed by atoms with Gasteiger partial charge in [-0.2, -0.15) is 0 Å². The monoisotopic (exact) mass is 320 g/mol. The summed E-state index contributed by atoms with van der Waals surface area (Å²) in [5.41, 5.74) is 0. The van der Waals surface area contributed by atoms with Crippen LogP contribution in [-0.4, -0.2) is 35.5 Å². The zero-order valence-electron chi connectivity index (χ0n) is 12.2. The van der Waals surface area contributed by atoms with Gasteiger partial charge >= 0.3 is 0 Å². The van der Waals surface area contributed by atoms with E-state index in [1.807, 2.05) is 0 Å². The Morgan fingerprint density at radius 3 is 2.76 bits per heavy atom. The van der Waals surface area contributed by atoms with Crippen LogP contribution in [0.1, 0.15) is 42.3 Å². The second kappa shape index (κ2) is 5.38. The standard InChI is InChI=1S/C16H20N2OS2/c1-2-18(12-7-10-3-4-11(8-12)17-10)16(19)15-9-14-13(21-15)5-6-20-14/h5-6,9-12,17H,2-4,7-8H2,1H3. The van der Waals surface area contributed by atoms with Gasteiger partial charge in [0, 0.05) is 34.1 Å². The number of carbonyl (C=O) groups is 1. The first kappa shape index (κ1) is 13.7. The predicted octanol–water partition coefficient (Wildman–Crippen LogP) is 3.71. The minimum atomic E-state index is 0.234. The van der Waals surface area contributed by atoms with Crippen molar-refractivity contribution in [3.8, 4) is 0 Å². The second-order valence-electron chi connectivity index (χ2n) is 6.11. The van der Waals surface area contributed by atoms with Crippen molar-refractivity contribution in [2.45, 2.75) is 50.7 Å². The van der Waals surface area contributed by atoms with E-state index in [-0.39, 0.29) is 5.91 Å². The highest BCUT2D eigenvalue weighted by atomic mass is 32.1. The number of fused-ring (bicyclic) bond motifs is 3. The molecular weight excluding hydrogens is 300 g/mol. The molecule has 2 saturated heterocycles. The van der Waals surface area contributed by atoms with Crippen molar-refractivity contribution < 1.29 is 4.79 Å². The molecule has 5 heteroatoms. The summed E-state index contributed by atoms with van der Waals surface area (Å²) in [6.07, 6.45) is 4.80. The molecule has 21 heavy (non-hydrogen) atoms. The fourth-order valence-corrected chi connectivity index (χ4v) is 5.93. The van der Waals surface area contributed by atoms with Crippen LogP contribution < -0.4 is 5.32 Å². The van der Waals surface area contributed by atoms with Crippen LogP contribution in [0.25, 0.3) is 9.40 Å². The molecule has 0 saturated carbocycles. The lowest BCUT2D eigenvalue weighted by atomic mass is 9.98. The van der Waals surface area contributed by atoms with E-state index >= 15 is 0 Å². The summed E-state index contributed by atoms with van der Waals surface area (Å²) in [5.74, 6) is 0.234. The second-order valence-corrected chi connectivity index (χ2v) is 8.15. The molecule has 4 heterocycles. The van der Waals surface area contributed by atoms with Gasteiger partial charge in [-0.1, -0.05) is 0 Å². The molecule has 2 aliphatic heterocycles. The van der Waals surface area contributed by atoms with E-state index in [9.17, 15) is 4.79 Å². The SMILES string of the molecule is CCN(C(=O)c1cc2sccc2s1)C1CC2CCC(C1)N2. The Labute approximate surface area is 133 Å². The number of hydrogen-bond donors (Lipinski definition) is 1. The van der Waals surface area contributed by atoms with Crippen molar-refractivity contribution in [2.75, 3.05) is 6.54 Å². The first-order chi connectivity index (χ1) is 10.2. The largest absolute Gasteiger partial charge is 0.335 e. The van der Waals surface area contributed by atoms with Crippen LogP contribution in [0.3, 0.4) is 0 Å². The first-order valence-corrected chi connectivity index (χ1v) is 9.48. The Hall–Kier alpha value is -0.910. The summed E-state index contributed by atoms with van der Waals surface area (Å²) in [5, 5.41) is 5.76. The number of amides is 1. The molecule has 2 atom stereocenters. The van der Waals surface area contributed by atoms with Gasteiger partial charge in [-0.05, 0) is 50.1 Å². The molecule has 3 nitrogen and oxygen atoms in total. The Bertz CT molecular complexity index is 622. The van der Waals surface area contributed by atoms with Crippen molar-refractivity contribution in [1.29, 1.82) is 0 Å². The van der Waals surface area contributed by atoms with E-state index in [1.165, 1.54) is 22.2 Å². The number of rotatable bonds is 3. The lowest BCUT2D eigenvalue weighted by molar-refractivity contribution is 0.0636. The van der Waals surface area contributed by atoms with Crippen molar-refractivity contribution >= 4 is 38.0 Å². The van der Waals surface area contributed by atoms with Crippen molar-refractivity contribution in [1.82, 2.24) is 10.2 Å². The number of nitrogens with zero attached hydrogens (tertiary/aromatic N) is 1. The third-order valence-corrected chi connectivity index (χ3v) is 6.92. The molecular formula is C16H20N2OS2. The maximum Gasteiger partial charge on any atom is 0.264 e. The maximum absolute atomic E-state index is 12.9. The van der Waals surface area contributed by atoms with Crippen molar-refractivity contribution in [3.05, 3.63) is 22.4 Å². The minimum absolute atomic E-state index is 0.234. The zero-order valence-corrected chi connectivity index (χ0v) is 13.8. The number of hydrogen-bond acceptors (Lipinski definition) is 4. The topological polar surface area (TPSA) is 32.3 Å². The summed E-state index contributed by atoms with van der Waals surface area (Å²) in [7, 11) is 0. The predicted molar refractivity (Wildman–Crippen MR) is 89.4 cm³/mol. The fourth-order valence-electron chi connectivity index (χ4n) is 3.86.